The Bertz CT molecular complexity index is 737. The van der Waals surface area contributed by atoms with E-state index in [2.05, 4.69) is 55.6 Å². The monoisotopic (exact) mass is 650 g/mol. The van der Waals surface area contributed by atoms with Gasteiger partial charge in [0.1, 0.15) is 12.2 Å². The number of nitrogens with one attached hydrogen (secondary N) is 1. The average Bonchev–Trinajstić information content (AvgIpc) is 3.06. The van der Waals surface area contributed by atoms with E-state index < -0.39 is 36.9 Å². The lowest BCUT2D eigenvalue weighted by molar-refractivity contribution is -0.132. The van der Waals surface area contributed by atoms with Gasteiger partial charge in [0.05, 0.1) is 18.8 Å². The van der Waals surface area contributed by atoms with Gasteiger partial charge in [-0.15, -0.1) is 0 Å². The molecule has 46 heavy (non-hydrogen) atoms. The van der Waals surface area contributed by atoms with E-state index in [1.165, 1.54) is 89.9 Å². The third kappa shape index (κ3) is 28.7. The molecule has 6 heteroatoms. The molecule has 0 rings (SSSR count). The molecule has 0 aliphatic carbocycles. The zero-order valence-corrected chi connectivity index (χ0v) is 30.1. The summed E-state index contributed by atoms with van der Waals surface area (Å²) in [4.78, 5) is 12.4. The van der Waals surface area contributed by atoms with Gasteiger partial charge in [0.15, 0.2) is 0 Å². The molecule has 0 saturated carbocycles. The molecule has 0 aliphatic heterocycles. The van der Waals surface area contributed by atoms with Crippen LogP contribution in [0.15, 0.2) is 36.5 Å². The smallest absolute Gasteiger partial charge is 0.249 e. The maximum Gasteiger partial charge on any atom is 0.249 e. The number of hydrogen-bond acceptors (Lipinski definition) is 5. The normalized spacial score (nSPS) is 14.8. The van der Waals surface area contributed by atoms with Crippen LogP contribution in [0, 0.1) is 0 Å². The number of aliphatic hydroxyl groups excluding tert-OH is 4. The quantitative estimate of drug-likeness (QED) is 0.0352. The Hall–Kier alpha value is -1.47. The molecule has 0 fully saturated rings. The SMILES string of the molecule is CCCCC/C=C/CC/C=C/CCCC(O)C(O)C(CO)NC(=O)C(O)CCCCCCCC/C=C\CCCCCCCCCC. The van der Waals surface area contributed by atoms with Crippen LogP contribution in [-0.4, -0.2) is 57.3 Å². The topological polar surface area (TPSA) is 110 Å². The van der Waals surface area contributed by atoms with Crippen molar-refractivity contribution in [2.45, 2.75) is 205 Å². The fourth-order valence-electron chi connectivity index (χ4n) is 5.65. The molecule has 4 atom stereocenters. The molecule has 6 nitrogen and oxygen atoms in total. The van der Waals surface area contributed by atoms with Crippen LogP contribution < -0.4 is 5.32 Å². The number of allylic oxidation sites excluding steroid dienone is 6. The van der Waals surface area contributed by atoms with Gasteiger partial charge in [-0.05, 0) is 77.0 Å². The van der Waals surface area contributed by atoms with Crippen LogP contribution in [0.5, 0.6) is 0 Å². The lowest BCUT2D eigenvalue weighted by Crippen LogP contribution is -2.53. The van der Waals surface area contributed by atoms with Crippen molar-refractivity contribution in [3.05, 3.63) is 36.5 Å². The number of carbonyl (C=O) groups excluding carboxylic acids is 1. The van der Waals surface area contributed by atoms with Crippen LogP contribution in [0.3, 0.4) is 0 Å². The van der Waals surface area contributed by atoms with Crippen molar-refractivity contribution in [2.24, 2.45) is 0 Å². The first-order chi connectivity index (χ1) is 22.5. The molecule has 0 saturated heterocycles. The molecule has 0 heterocycles. The van der Waals surface area contributed by atoms with Crippen molar-refractivity contribution in [3.63, 3.8) is 0 Å². The van der Waals surface area contributed by atoms with E-state index >= 15 is 0 Å². The van der Waals surface area contributed by atoms with Crippen LogP contribution >= 0.6 is 0 Å². The zero-order chi connectivity index (χ0) is 33.9. The summed E-state index contributed by atoms with van der Waals surface area (Å²) in [7, 11) is 0. The number of amides is 1. The van der Waals surface area contributed by atoms with Gasteiger partial charge in [-0.2, -0.15) is 0 Å². The second-order valence-electron chi connectivity index (χ2n) is 13.3. The Morgan fingerprint density at radius 2 is 0.913 bits per heavy atom. The summed E-state index contributed by atoms with van der Waals surface area (Å²) in [6, 6.07) is -1.01. The van der Waals surface area contributed by atoms with Crippen LogP contribution in [0.2, 0.25) is 0 Å². The molecule has 4 unspecified atom stereocenters. The van der Waals surface area contributed by atoms with Gasteiger partial charge in [0, 0.05) is 0 Å². The van der Waals surface area contributed by atoms with E-state index in [-0.39, 0.29) is 0 Å². The summed E-state index contributed by atoms with van der Waals surface area (Å²) in [6.07, 6.45) is 38.8. The molecule has 0 aromatic heterocycles. The molecule has 0 bridgehead atoms. The number of carbonyl (C=O) groups is 1. The maximum atomic E-state index is 12.4. The largest absolute Gasteiger partial charge is 0.394 e. The van der Waals surface area contributed by atoms with Crippen LogP contribution in [0.4, 0.5) is 0 Å². The third-order valence-electron chi connectivity index (χ3n) is 8.80. The zero-order valence-electron chi connectivity index (χ0n) is 30.1. The van der Waals surface area contributed by atoms with Gasteiger partial charge < -0.3 is 25.7 Å². The summed E-state index contributed by atoms with van der Waals surface area (Å²) in [5.74, 6) is -0.605. The highest BCUT2D eigenvalue weighted by Crippen LogP contribution is 2.14. The summed E-state index contributed by atoms with van der Waals surface area (Å²) >= 11 is 0. The van der Waals surface area contributed by atoms with Crippen molar-refractivity contribution in [2.75, 3.05) is 6.61 Å². The maximum absolute atomic E-state index is 12.4. The average molecular weight is 650 g/mol. The minimum Gasteiger partial charge on any atom is -0.394 e. The summed E-state index contributed by atoms with van der Waals surface area (Å²) in [5, 5.41) is 43.4. The van der Waals surface area contributed by atoms with Crippen molar-refractivity contribution in [3.8, 4) is 0 Å². The first-order valence-corrected chi connectivity index (χ1v) is 19.4. The molecular formula is C40H75NO5. The number of hydrogen-bond donors (Lipinski definition) is 5. The molecule has 0 aromatic rings. The molecule has 1 amide bonds. The highest BCUT2D eigenvalue weighted by Gasteiger charge is 2.28. The van der Waals surface area contributed by atoms with Crippen LogP contribution in [-0.2, 0) is 4.79 Å². The molecule has 0 aromatic carbocycles. The molecule has 0 aliphatic rings. The minimum absolute atomic E-state index is 0.352. The Morgan fingerprint density at radius 1 is 0.522 bits per heavy atom. The van der Waals surface area contributed by atoms with Gasteiger partial charge in [0.2, 0.25) is 5.91 Å². The predicted octanol–water partition coefficient (Wildman–Crippen LogP) is 9.40. The summed E-state index contributed by atoms with van der Waals surface area (Å²) in [6.45, 7) is 3.98. The first-order valence-electron chi connectivity index (χ1n) is 19.4. The molecule has 0 radical (unpaired) electrons. The van der Waals surface area contributed by atoms with E-state index in [1.54, 1.807) is 0 Å². The minimum atomic E-state index is -1.29. The van der Waals surface area contributed by atoms with E-state index in [0.717, 1.165) is 57.8 Å². The van der Waals surface area contributed by atoms with Crippen molar-refractivity contribution in [1.82, 2.24) is 5.32 Å². The van der Waals surface area contributed by atoms with Crippen molar-refractivity contribution in [1.29, 1.82) is 0 Å². The van der Waals surface area contributed by atoms with Crippen molar-refractivity contribution >= 4 is 5.91 Å². The van der Waals surface area contributed by atoms with Gasteiger partial charge in [0.25, 0.3) is 0 Å². The molecule has 5 N–H and O–H groups in total. The third-order valence-corrected chi connectivity index (χ3v) is 8.80. The van der Waals surface area contributed by atoms with Gasteiger partial charge >= 0.3 is 0 Å². The lowest BCUT2D eigenvalue weighted by Gasteiger charge is -2.27. The lowest BCUT2D eigenvalue weighted by atomic mass is 10.00. The first kappa shape index (κ1) is 44.5. The van der Waals surface area contributed by atoms with Gasteiger partial charge in [-0.3, -0.25) is 4.79 Å². The fourth-order valence-corrected chi connectivity index (χ4v) is 5.65. The number of aliphatic hydroxyl groups is 4. The predicted molar refractivity (Wildman–Crippen MR) is 196 cm³/mol. The Labute approximate surface area is 284 Å². The van der Waals surface area contributed by atoms with Crippen LogP contribution in [0.1, 0.15) is 181 Å². The molecule has 0 spiro atoms. The van der Waals surface area contributed by atoms with Crippen LogP contribution in [0.25, 0.3) is 0 Å². The molecule has 270 valence electrons. The Balaban J connectivity index is 3.85. The fraction of sp³-hybridized carbons (Fsp3) is 0.825. The van der Waals surface area contributed by atoms with Gasteiger partial charge in [-0.25, -0.2) is 0 Å². The summed E-state index contributed by atoms with van der Waals surface area (Å²) in [5.41, 5.74) is 0. The van der Waals surface area contributed by atoms with Crippen molar-refractivity contribution < 1.29 is 25.2 Å². The summed E-state index contributed by atoms with van der Waals surface area (Å²) < 4.78 is 0. The standard InChI is InChI=1S/C40H75NO5/c1-3-5-7-9-11-13-15-17-18-19-20-21-22-24-26-28-30-32-34-38(44)40(46)41-36(35-42)39(45)37(43)33-31-29-27-25-23-16-14-12-10-8-6-4-2/h12,14,19-20,25,27,36-39,42-45H,3-11,13,15-18,21-24,26,28-35H2,1-2H3,(H,41,46)/b14-12+,20-19-,27-25+. The van der Waals surface area contributed by atoms with E-state index in [0.29, 0.717) is 19.3 Å². The number of rotatable bonds is 34. The highest BCUT2D eigenvalue weighted by atomic mass is 16.3. The highest BCUT2D eigenvalue weighted by molar-refractivity contribution is 5.80. The number of unbranched alkanes of at least 4 members (excludes halogenated alkanes) is 19. The van der Waals surface area contributed by atoms with E-state index in [1.807, 2.05) is 0 Å². The second kappa shape index (κ2) is 34.9. The Kier molecular flexibility index (Phi) is 33.7. The van der Waals surface area contributed by atoms with Gasteiger partial charge in [-0.1, -0.05) is 140 Å². The second-order valence-corrected chi connectivity index (χ2v) is 13.3. The van der Waals surface area contributed by atoms with E-state index in [9.17, 15) is 25.2 Å². The van der Waals surface area contributed by atoms with E-state index in [4.69, 9.17) is 0 Å². The Morgan fingerprint density at radius 3 is 1.41 bits per heavy atom. The molecular weight excluding hydrogens is 574 g/mol.